The van der Waals surface area contributed by atoms with Crippen LogP contribution in [0.3, 0.4) is 0 Å². The third-order valence-electron chi connectivity index (χ3n) is 4.72. The number of rotatable bonds is 3. The molecule has 26 heavy (non-hydrogen) atoms. The van der Waals surface area contributed by atoms with E-state index in [1.54, 1.807) is 37.3 Å². The molecule has 2 aromatic rings. The maximum atomic E-state index is 13.3. The summed E-state index contributed by atoms with van der Waals surface area (Å²) in [6, 6.07) is 11.3. The fraction of sp³-hybridized carbons (Fsp3) is 0.316. The van der Waals surface area contributed by atoms with Gasteiger partial charge in [0.25, 0.3) is 0 Å². The van der Waals surface area contributed by atoms with Crippen LogP contribution < -0.4 is 5.32 Å². The molecule has 0 fully saturated rings. The van der Waals surface area contributed by atoms with Gasteiger partial charge in [-0.1, -0.05) is 48.4 Å². The zero-order valence-corrected chi connectivity index (χ0v) is 15.1. The Bertz CT molecular complexity index is 853. The van der Waals surface area contributed by atoms with Crippen LogP contribution in [0.1, 0.15) is 30.0 Å². The first-order valence-electron chi connectivity index (χ1n) is 8.20. The Labute approximate surface area is 154 Å². The number of hydrogen-bond acceptors (Lipinski definition) is 1. The van der Waals surface area contributed by atoms with Crippen molar-refractivity contribution in [3.8, 4) is 0 Å². The van der Waals surface area contributed by atoms with E-state index >= 15 is 0 Å². The number of urea groups is 1. The standard InChI is InChI=1S/C19H18ClF3N2O/c1-3-18(13-6-4-5-12(2)9-13)15-10-14(20)7-8-16(15)24-17(26)25(18)11-19(21,22)23/h4-10H,3,11H2,1-2H3,(H,24,26). The van der Waals surface area contributed by atoms with Crippen LogP contribution in [0.2, 0.25) is 5.02 Å². The van der Waals surface area contributed by atoms with E-state index in [-0.39, 0.29) is 6.42 Å². The molecular formula is C19H18ClF3N2O. The maximum Gasteiger partial charge on any atom is 0.406 e. The van der Waals surface area contributed by atoms with Gasteiger partial charge >= 0.3 is 12.2 Å². The number of halogens is 4. The lowest BCUT2D eigenvalue weighted by Crippen LogP contribution is -2.57. The molecule has 1 aliphatic heterocycles. The van der Waals surface area contributed by atoms with Crippen molar-refractivity contribution >= 4 is 23.3 Å². The molecule has 1 N–H and O–H groups in total. The van der Waals surface area contributed by atoms with Crippen LogP contribution >= 0.6 is 11.6 Å². The smallest absolute Gasteiger partial charge is 0.307 e. The number of nitrogens with one attached hydrogen (secondary N) is 1. The second-order valence-corrected chi connectivity index (χ2v) is 6.84. The maximum absolute atomic E-state index is 13.3. The van der Waals surface area contributed by atoms with Gasteiger partial charge < -0.3 is 10.2 Å². The molecule has 3 nitrogen and oxygen atoms in total. The van der Waals surface area contributed by atoms with Gasteiger partial charge in [-0.25, -0.2) is 4.79 Å². The first-order chi connectivity index (χ1) is 12.2. The fourth-order valence-corrected chi connectivity index (χ4v) is 3.83. The van der Waals surface area contributed by atoms with Crippen molar-refractivity contribution in [2.75, 3.05) is 11.9 Å². The summed E-state index contributed by atoms with van der Waals surface area (Å²) in [5.41, 5.74) is 1.30. The number of carbonyl (C=O) groups is 1. The average molecular weight is 383 g/mol. The summed E-state index contributed by atoms with van der Waals surface area (Å²) < 4.78 is 39.9. The van der Waals surface area contributed by atoms with E-state index in [2.05, 4.69) is 5.32 Å². The molecule has 2 amide bonds. The molecule has 0 aliphatic carbocycles. The summed E-state index contributed by atoms with van der Waals surface area (Å²) in [5.74, 6) is 0. The molecule has 0 saturated heterocycles. The summed E-state index contributed by atoms with van der Waals surface area (Å²) >= 11 is 6.14. The van der Waals surface area contributed by atoms with E-state index in [1.165, 1.54) is 0 Å². The molecule has 7 heteroatoms. The number of aryl methyl sites for hydroxylation is 1. The first-order valence-corrected chi connectivity index (χ1v) is 8.58. The average Bonchev–Trinajstić information content (AvgIpc) is 2.55. The zero-order valence-electron chi connectivity index (χ0n) is 14.3. The van der Waals surface area contributed by atoms with Gasteiger partial charge in [0.2, 0.25) is 0 Å². The summed E-state index contributed by atoms with van der Waals surface area (Å²) in [6.07, 6.45) is -4.26. The van der Waals surface area contributed by atoms with E-state index in [0.717, 1.165) is 10.5 Å². The minimum atomic E-state index is -4.53. The second kappa shape index (κ2) is 6.50. The molecule has 2 aromatic carbocycles. The van der Waals surface area contributed by atoms with Crippen molar-refractivity contribution in [1.82, 2.24) is 4.90 Å². The SMILES string of the molecule is CCC1(c2cccc(C)c2)c2cc(Cl)ccc2NC(=O)N1CC(F)(F)F. The first kappa shape index (κ1) is 18.6. The summed E-state index contributed by atoms with van der Waals surface area (Å²) in [5, 5.41) is 2.96. The number of carbonyl (C=O) groups excluding carboxylic acids is 1. The van der Waals surface area contributed by atoms with Crippen molar-refractivity contribution < 1.29 is 18.0 Å². The van der Waals surface area contributed by atoms with Crippen molar-refractivity contribution in [2.24, 2.45) is 0 Å². The molecule has 1 unspecified atom stereocenters. The zero-order chi connectivity index (χ0) is 19.1. The van der Waals surface area contributed by atoms with Crippen LogP contribution in [0, 0.1) is 6.92 Å². The molecule has 3 rings (SSSR count). The number of amides is 2. The van der Waals surface area contributed by atoms with E-state index < -0.39 is 24.3 Å². The third kappa shape index (κ3) is 3.14. The topological polar surface area (TPSA) is 32.3 Å². The minimum Gasteiger partial charge on any atom is -0.307 e. The summed E-state index contributed by atoms with van der Waals surface area (Å²) in [6.45, 7) is 2.28. The molecule has 0 bridgehead atoms. The molecule has 0 spiro atoms. The molecule has 1 heterocycles. The van der Waals surface area contributed by atoms with Crippen LogP contribution in [0.5, 0.6) is 0 Å². The number of nitrogens with zero attached hydrogens (tertiary/aromatic N) is 1. The highest BCUT2D eigenvalue weighted by Gasteiger charge is 2.50. The van der Waals surface area contributed by atoms with E-state index in [1.807, 2.05) is 19.1 Å². The van der Waals surface area contributed by atoms with Crippen LogP contribution in [0.25, 0.3) is 0 Å². The van der Waals surface area contributed by atoms with Gasteiger partial charge in [-0.05, 0) is 37.1 Å². The molecule has 138 valence electrons. The third-order valence-corrected chi connectivity index (χ3v) is 4.95. The van der Waals surface area contributed by atoms with Gasteiger partial charge in [0.1, 0.15) is 6.54 Å². The number of alkyl halides is 3. The number of benzene rings is 2. The fourth-order valence-electron chi connectivity index (χ4n) is 3.65. The minimum absolute atomic E-state index is 0.271. The predicted molar refractivity (Wildman–Crippen MR) is 95.5 cm³/mol. The van der Waals surface area contributed by atoms with Crippen LogP contribution in [-0.4, -0.2) is 23.7 Å². The molecule has 0 aromatic heterocycles. The highest BCUT2D eigenvalue weighted by molar-refractivity contribution is 6.30. The van der Waals surface area contributed by atoms with Gasteiger partial charge in [0, 0.05) is 16.3 Å². The molecule has 1 atom stereocenters. The Kier molecular flexibility index (Phi) is 4.65. The molecule has 1 aliphatic rings. The molecule has 0 saturated carbocycles. The summed E-state index contributed by atoms with van der Waals surface area (Å²) in [7, 11) is 0. The number of fused-ring (bicyclic) bond motifs is 1. The van der Waals surface area contributed by atoms with Crippen molar-refractivity contribution in [3.63, 3.8) is 0 Å². The highest BCUT2D eigenvalue weighted by Crippen LogP contribution is 2.47. The largest absolute Gasteiger partial charge is 0.406 e. The number of hydrogen-bond donors (Lipinski definition) is 1. The highest BCUT2D eigenvalue weighted by atomic mass is 35.5. The Morgan fingerprint density at radius 1 is 1.19 bits per heavy atom. The van der Waals surface area contributed by atoms with Crippen molar-refractivity contribution in [3.05, 3.63) is 64.2 Å². The number of anilines is 1. The van der Waals surface area contributed by atoms with Gasteiger partial charge in [0.15, 0.2) is 0 Å². The van der Waals surface area contributed by atoms with Crippen LogP contribution in [0.15, 0.2) is 42.5 Å². The Morgan fingerprint density at radius 2 is 1.92 bits per heavy atom. The van der Waals surface area contributed by atoms with Crippen molar-refractivity contribution in [1.29, 1.82) is 0 Å². The van der Waals surface area contributed by atoms with Gasteiger partial charge in [-0.3, -0.25) is 0 Å². The van der Waals surface area contributed by atoms with Gasteiger partial charge in [-0.15, -0.1) is 0 Å². The summed E-state index contributed by atoms with van der Waals surface area (Å²) in [4.78, 5) is 13.5. The normalized spacial score (nSPS) is 19.9. The van der Waals surface area contributed by atoms with Crippen LogP contribution in [-0.2, 0) is 5.54 Å². The lowest BCUT2D eigenvalue weighted by molar-refractivity contribution is -0.148. The lowest BCUT2D eigenvalue weighted by atomic mass is 9.76. The second-order valence-electron chi connectivity index (χ2n) is 6.40. The van der Waals surface area contributed by atoms with E-state index in [4.69, 9.17) is 11.6 Å². The Morgan fingerprint density at radius 3 is 2.54 bits per heavy atom. The van der Waals surface area contributed by atoms with E-state index in [9.17, 15) is 18.0 Å². The Balaban J connectivity index is 2.32. The van der Waals surface area contributed by atoms with E-state index in [0.29, 0.717) is 21.8 Å². The van der Waals surface area contributed by atoms with Gasteiger partial charge in [0.05, 0.1) is 5.54 Å². The molecule has 0 radical (unpaired) electrons. The molecular weight excluding hydrogens is 365 g/mol. The van der Waals surface area contributed by atoms with Crippen molar-refractivity contribution in [2.45, 2.75) is 32.0 Å². The predicted octanol–water partition coefficient (Wildman–Crippen LogP) is 5.71. The van der Waals surface area contributed by atoms with Crippen LogP contribution in [0.4, 0.5) is 23.7 Å². The monoisotopic (exact) mass is 382 g/mol. The lowest BCUT2D eigenvalue weighted by Gasteiger charge is -2.48. The quantitative estimate of drug-likeness (QED) is 0.724. The van der Waals surface area contributed by atoms with Gasteiger partial charge in [-0.2, -0.15) is 13.2 Å². The Hall–Kier alpha value is -2.21.